The SMILES string of the molecule is CCC(C)(CCO)NCc1sccc1N. The van der Waals surface area contributed by atoms with Crippen LogP contribution in [-0.2, 0) is 6.54 Å². The minimum atomic E-state index is 0.00514. The number of rotatable bonds is 6. The molecule has 0 aliphatic heterocycles. The second-order valence-corrected chi connectivity index (χ2v) is 5.04. The fourth-order valence-electron chi connectivity index (χ4n) is 1.42. The van der Waals surface area contributed by atoms with Gasteiger partial charge in [-0.1, -0.05) is 6.92 Å². The highest BCUT2D eigenvalue weighted by atomic mass is 32.1. The van der Waals surface area contributed by atoms with E-state index in [2.05, 4.69) is 19.2 Å². The molecule has 1 atom stereocenters. The Bertz CT molecular complexity index is 301. The van der Waals surface area contributed by atoms with Gasteiger partial charge in [-0.15, -0.1) is 11.3 Å². The molecule has 0 aliphatic rings. The molecule has 0 aliphatic carbocycles. The maximum atomic E-state index is 8.98. The molecule has 0 saturated carbocycles. The molecule has 1 aromatic rings. The third-order valence-electron chi connectivity index (χ3n) is 2.90. The maximum absolute atomic E-state index is 8.98. The molecule has 3 nitrogen and oxygen atoms in total. The van der Waals surface area contributed by atoms with Crippen molar-refractivity contribution in [2.75, 3.05) is 12.3 Å². The van der Waals surface area contributed by atoms with E-state index in [-0.39, 0.29) is 12.1 Å². The number of nitrogen functional groups attached to an aromatic ring is 1. The minimum absolute atomic E-state index is 0.00514. The van der Waals surface area contributed by atoms with E-state index in [0.717, 1.165) is 25.1 Å². The average Bonchev–Trinajstić information content (AvgIpc) is 2.62. The zero-order valence-corrected chi connectivity index (χ0v) is 10.2. The first-order valence-electron chi connectivity index (χ1n) is 5.29. The van der Waals surface area contributed by atoms with E-state index in [4.69, 9.17) is 10.8 Å². The number of hydrogen-bond acceptors (Lipinski definition) is 4. The third kappa shape index (κ3) is 3.48. The molecule has 1 aromatic heterocycles. The standard InChI is InChI=1S/C11H20N2OS/c1-3-11(2,5-6-14)13-8-10-9(12)4-7-15-10/h4,7,13-14H,3,5-6,8,12H2,1-2H3. The molecular weight excluding hydrogens is 208 g/mol. The van der Waals surface area contributed by atoms with Crippen LogP contribution in [0.3, 0.4) is 0 Å². The Hall–Kier alpha value is -0.580. The fourth-order valence-corrected chi connectivity index (χ4v) is 2.16. The van der Waals surface area contributed by atoms with Crippen molar-refractivity contribution in [3.8, 4) is 0 Å². The van der Waals surface area contributed by atoms with Crippen LogP contribution in [0.2, 0.25) is 0 Å². The third-order valence-corrected chi connectivity index (χ3v) is 3.84. The molecule has 0 fully saturated rings. The topological polar surface area (TPSA) is 58.3 Å². The largest absolute Gasteiger partial charge is 0.398 e. The summed E-state index contributed by atoms with van der Waals surface area (Å²) in [5.74, 6) is 0. The van der Waals surface area contributed by atoms with Crippen LogP contribution in [0, 0.1) is 0 Å². The Morgan fingerprint density at radius 3 is 2.80 bits per heavy atom. The van der Waals surface area contributed by atoms with E-state index in [1.807, 2.05) is 11.4 Å². The summed E-state index contributed by atoms with van der Waals surface area (Å²) in [7, 11) is 0. The van der Waals surface area contributed by atoms with Gasteiger partial charge in [0.15, 0.2) is 0 Å². The van der Waals surface area contributed by atoms with Crippen molar-refractivity contribution >= 4 is 17.0 Å². The van der Waals surface area contributed by atoms with Crippen molar-refractivity contribution in [3.63, 3.8) is 0 Å². The molecule has 15 heavy (non-hydrogen) atoms. The second-order valence-electron chi connectivity index (χ2n) is 4.04. The molecule has 1 rings (SSSR count). The van der Waals surface area contributed by atoms with Crippen LogP contribution in [0.25, 0.3) is 0 Å². The molecule has 0 spiro atoms. The number of aliphatic hydroxyl groups excluding tert-OH is 1. The van der Waals surface area contributed by atoms with Crippen molar-refractivity contribution < 1.29 is 5.11 Å². The first-order valence-corrected chi connectivity index (χ1v) is 6.17. The zero-order valence-electron chi connectivity index (χ0n) is 9.42. The Labute approximate surface area is 95.3 Å². The van der Waals surface area contributed by atoms with Crippen molar-refractivity contribution in [2.24, 2.45) is 0 Å². The summed E-state index contributed by atoms with van der Waals surface area (Å²) in [5, 5.41) is 14.4. The van der Waals surface area contributed by atoms with E-state index in [0.29, 0.717) is 0 Å². The zero-order chi connectivity index (χ0) is 11.3. The van der Waals surface area contributed by atoms with Crippen molar-refractivity contribution in [1.82, 2.24) is 5.32 Å². The summed E-state index contributed by atoms with van der Waals surface area (Å²) in [6.07, 6.45) is 1.77. The van der Waals surface area contributed by atoms with Crippen LogP contribution in [-0.4, -0.2) is 17.3 Å². The van der Waals surface area contributed by atoms with Crippen LogP contribution in [0.1, 0.15) is 31.6 Å². The van der Waals surface area contributed by atoms with Gasteiger partial charge in [0.25, 0.3) is 0 Å². The van der Waals surface area contributed by atoms with Gasteiger partial charge in [-0.25, -0.2) is 0 Å². The Balaban J connectivity index is 2.51. The molecule has 1 unspecified atom stereocenters. The highest BCUT2D eigenvalue weighted by Crippen LogP contribution is 2.21. The van der Waals surface area contributed by atoms with Gasteiger partial charge in [0.2, 0.25) is 0 Å². The summed E-state index contributed by atoms with van der Waals surface area (Å²) in [6, 6.07) is 1.93. The van der Waals surface area contributed by atoms with Gasteiger partial charge in [0.05, 0.1) is 0 Å². The van der Waals surface area contributed by atoms with E-state index >= 15 is 0 Å². The minimum Gasteiger partial charge on any atom is -0.398 e. The van der Waals surface area contributed by atoms with Crippen LogP contribution < -0.4 is 11.1 Å². The van der Waals surface area contributed by atoms with Gasteiger partial charge in [-0.2, -0.15) is 0 Å². The number of aliphatic hydroxyl groups is 1. The summed E-state index contributed by atoms with van der Waals surface area (Å²) < 4.78 is 0. The van der Waals surface area contributed by atoms with Crippen LogP contribution in [0.4, 0.5) is 5.69 Å². The van der Waals surface area contributed by atoms with Gasteiger partial charge in [0, 0.05) is 29.3 Å². The smallest absolute Gasteiger partial charge is 0.0468 e. The Kier molecular flexibility index (Phi) is 4.57. The van der Waals surface area contributed by atoms with Gasteiger partial charge in [-0.3, -0.25) is 0 Å². The maximum Gasteiger partial charge on any atom is 0.0468 e. The lowest BCUT2D eigenvalue weighted by Gasteiger charge is -2.29. The molecule has 0 aromatic carbocycles. The number of nitrogens with one attached hydrogen (secondary N) is 1. The Morgan fingerprint density at radius 1 is 1.60 bits per heavy atom. The molecule has 0 radical (unpaired) electrons. The summed E-state index contributed by atoms with van der Waals surface area (Å²) >= 11 is 1.67. The summed E-state index contributed by atoms with van der Waals surface area (Å²) in [6.45, 7) is 5.26. The fraction of sp³-hybridized carbons (Fsp3) is 0.636. The van der Waals surface area contributed by atoms with Crippen LogP contribution >= 0.6 is 11.3 Å². The summed E-state index contributed by atoms with van der Waals surface area (Å²) in [4.78, 5) is 1.17. The number of hydrogen-bond donors (Lipinski definition) is 3. The monoisotopic (exact) mass is 228 g/mol. The quantitative estimate of drug-likeness (QED) is 0.697. The van der Waals surface area contributed by atoms with E-state index < -0.39 is 0 Å². The molecule has 4 heteroatoms. The molecule has 0 saturated heterocycles. The van der Waals surface area contributed by atoms with Gasteiger partial charge < -0.3 is 16.2 Å². The normalized spacial score (nSPS) is 15.1. The van der Waals surface area contributed by atoms with Crippen molar-refractivity contribution in [2.45, 2.75) is 38.8 Å². The first kappa shape index (κ1) is 12.5. The lowest BCUT2D eigenvalue weighted by atomic mass is 9.95. The van der Waals surface area contributed by atoms with Gasteiger partial charge >= 0.3 is 0 Å². The van der Waals surface area contributed by atoms with Crippen molar-refractivity contribution in [3.05, 3.63) is 16.3 Å². The molecule has 0 bridgehead atoms. The molecular formula is C11H20N2OS. The molecule has 1 heterocycles. The predicted octanol–water partition coefficient (Wildman–Crippen LogP) is 1.97. The molecule has 4 N–H and O–H groups in total. The molecule has 0 amide bonds. The van der Waals surface area contributed by atoms with Gasteiger partial charge in [-0.05, 0) is 31.2 Å². The Morgan fingerprint density at radius 2 is 2.33 bits per heavy atom. The van der Waals surface area contributed by atoms with E-state index in [1.165, 1.54) is 4.88 Å². The van der Waals surface area contributed by atoms with Crippen LogP contribution in [0.5, 0.6) is 0 Å². The molecule has 86 valence electrons. The lowest BCUT2D eigenvalue weighted by Crippen LogP contribution is -2.41. The number of thiophene rings is 1. The van der Waals surface area contributed by atoms with Crippen LogP contribution in [0.15, 0.2) is 11.4 Å². The van der Waals surface area contributed by atoms with E-state index in [9.17, 15) is 0 Å². The van der Waals surface area contributed by atoms with Crippen molar-refractivity contribution in [1.29, 1.82) is 0 Å². The first-order chi connectivity index (χ1) is 7.11. The lowest BCUT2D eigenvalue weighted by molar-refractivity contribution is 0.215. The van der Waals surface area contributed by atoms with E-state index in [1.54, 1.807) is 11.3 Å². The predicted molar refractivity (Wildman–Crippen MR) is 66.0 cm³/mol. The highest BCUT2D eigenvalue weighted by molar-refractivity contribution is 7.10. The highest BCUT2D eigenvalue weighted by Gasteiger charge is 2.20. The number of nitrogens with two attached hydrogens (primary N) is 1. The second kappa shape index (κ2) is 5.49. The summed E-state index contributed by atoms with van der Waals surface area (Å²) in [5.41, 5.74) is 6.67. The average molecular weight is 228 g/mol. The number of anilines is 1. The van der Waals surface area contributed by atoms with Gasteiger partial charge in [0.1, 0.15) is 0 Å².